The Balaban J connectivity index is 1.43. The topological polar surface area (TPSA) is 9.23 Å². The lowest BCUT2D eigenvalue weighted by Gasteiger charge is -2.29. The highest BCUT2D eigenvalue weighted by Crippen LogP contribution is 2.38. The van der Waals surface area contributed by atoms with Gasteiger partial charge in [0.25, 0.3) is 0 Å². The number of hydrogen-bond acceptors (Lipinski definition) is 1. The van der Waals surface area contributed by atoms with Crippen LogP contribution in [0, 0.1) is 17.8 Å². The molecule has 0 N–H and O–H groups in total. The molecule has 1 aromatic rings. The van der Waals surface area contributed by atoms with Crippen molar-refractivity contribution >= 4 is 0 Å². The molecule has 1 aromatic carbocycles. The Morgan fingerprint density at radius 3 is 2.14 bits per heavy atom. The van der Waals surface area contributed by atoms with Crippen molar-refractivity contribution in [1.82, 2.24) is 0 Å². The molecule has 3 heteroatoms. The van der Waals surface area contributed by atoms with E-state index >= 15 is 0 Å². The van der Waals surface area contributed by atoms with E-state index in [1.165, 1.54) is 37.7 Å². The van der Waals surface area contributed by atoms with Crippen molar-refractivity contribution in [2.75, 3.05) is 0 Å². The number of hydrogen-bond donors (Lipinski definition) is 0. The molecule has 1 nitrogen and oxygen atoms in total. The molecular formula is C26H38F2O. The highest BCUT2D eigenvalue weighted by molar-refractivity contribution is 5.25. The van der Waals surface area contributed by atoms with E-state index in [0.717, 1.165) is 37.2 Å². The summed E-state index contributed by atoms with van der Waals surface area (Å²) in [6, 6.07) is 8.19. The van der Waals surface area contributed by atoms with Crippen LogP contribution in [0.4, 0.5) is 8.78 Å². The minimum absolute atomic E-state index is 0.0101. The van der Waals surface area contributed by atoms with E-state index in [1.807, 2.05) is 19.1 Å². The van der Waals surface area contributed by atoms with Crippen LogP contribution in [-0.4, -0.2) is 6.11 Å². The van der Waals surface area contributed by atoms with Gasteiger partial charge in [0.2, 0.25) is 0 Å². The van der Waals surface area contributed by atoms with E-state index in [9.17, 15) is 8.78 Å². The van der Waals surface area contributed by atoms with Gasteiger partial charge in [0.1, 0.15) is 0 Å². The Kier molecular flexibility index (Phi) is 8.29. The first-order valence-corrected chi connectivity index (χ1v) is 11.7. The molecule has 0 aromatic heterocycles. The molecule has 0 unspecified atom stereocenters. The summed E-state index contributed by atoms with van der Waals surface area (Å²) in [6.07, 6.45) is 11.3. The van der Waals surface area contributed by atoms with Crippen LogP contribution in [0.2, 0.25) is 0 Å². The zero-order chi connectivity index (χ0) is 20.7. The highest BCUT2D eigenvalue weighted by Gasteiger charge is 2.35. The fraction of sp³-hybridized carbons (Fsp3) is 0.692. The third-order valence-corrected chi connectivity index (χ3v) is 7.21. The van der Waals surface area contributed by atoms with Crippen LogP contribution in [0.5, 0.6) is 0 Å². The van der Waals surface area contributed by atoms with E-state index in [0.29, 0.717) is 11.8 Å². The maximum absolute atomic E-state index is 14.3. The van der Waals surface area contributed by atoms with E-state index in [2.05, 4.69) is 31.2 Å². The van der Waals surface area contributed by atoms with Crippen molar-refractivity contribution in [2.24, 2.45) is 17.8 Å². The Morgan fingerprint density at radius 2 is 1.55 bits per heavy atom. The Hall–Kier alpha value is -1.22. The Morgan fingerprint density at radius 1 is 0.931 bits per heavy atom. The van der Waals surface area contributed by atoms with Crippen LogP contribution < -0.4 is 0 Å². The fourth-order valence-corrected chi connectivity index (χ4v) is 5.23. The average Bonchev–Trinajstić information content (AvgIpc) is 2.74. The minimum atomic E-state index is -3.03. The number of allylic oxidation sites excluding steroid dienone is 2. The van der Waals surface area contributed by atoms with Crippen molar-refractivity contribution in [1.29, 1.82) is 0 Å². The summed E-state index contributed by atoms with van der Waals surface area (Å²) in [6.45, 7) is 4.30. The van der Waals surface area contributed by atoms with Crippen LogP contribution in [0.25, 0.3) is 0 Å². The molecule has 0 amide bonds. The van der Waals surface area contributed by atoms with Gasteiger partial charge in [-0.15, -0.1) is 0 Å². The molecule has 0 aliphatic heterocycles. The zero-order valence-electron chi connectivity index (χ0n) is 18.2. The van der Waals surface area contributed by atoms with Crippen LogP contribution in [0.1, 0.15) is 95.1 Å². The maximum atomic E-state index is 14.3. The van der Waals surface area contributed by atoms with E-state index < -0.39 is 6.11 Å². The second-order valence-electron chi connectivity index (χ2n) is 9.30. The Bertz CT molecular complexity index is 621. The first kappa shape index (κ1) is 22.5. The first-order valence-electron chi connectivity index (χ1n) is 11.7. The van der Waals surface area contributed by atoms with Gasteiger partial charge in [0, 0.05) is 6.42 Å². The minimum Gasteiger partial charge on any atom is -0.316 e. The lowest BCUT2D eigenvalue weighted by Crippen LogP contribution is -2.26. The largest absolute Gasteiger partial charge is 0.356 e. The summed E-state index contributed by atoms with van der Waals surface area (Å²) >= 11 is 0. The summed E-state index contributed by atoms with van der Waals surface area (Å²) in [5, 5.41) is 0. The number of benzene rings is 1. The van der Waals surface area contributed by atoms with E-state index in [-0.39, 0.29) is 18.9 Å². The normalized spacial score (nSPS) is 28.7. The molecule has 0 saturated heterocycles. The third-order valence-electron chi connectivity index (χ3n) is 7.21. The molecule has 0 atom stereocenters. The summed E-state index contributed by atoms with van der Waals surface area (Å²) in [4.78, 5) is 0. The van der Waals surface area contributed by atoms with Crippen LogP contribution in [0.15, 0.2) is 36.4 Å². The van der Waals surface area contributed by atoms with Gasteiger partial charge >= 0.3 is 6.11 Å². The van der Waals surface area contributed by atoms with Gasteiger partial charge in [-0.25, -0.2) is 0 Å². The van der Waals surface area contributed by atoms with Crippen molar-refractivity contribution in [3.05, 3.63) is 47.5 Å². The molecular weight excluding hydrogens is 366 g/mol. The van der Waals surface area contributed by atoms with Gasteiger partial charge < -0.3 is 4.74 Å². The number of halogens is 2. The number of ether oxygens (including phenoxy) is 1. The SMILES string of the molecule is CC=CC1CCC(CC(F)(F)OCc2ccc(C3CCC(CC)CC3)cc2)CC1. The van der Waals surface area contributed by atoms with Crippen LogP contribution in [0.3, 0.4) is 0 Å². The maximum Gasteiger partial charge on any atom is 0.356 e. The average molecular weight is 405 g/mol. The second-order valence-corrected chi connectivity index (χ2v) is 9.30. The van der Waals surface area contributed by atoms with Crippen molar-refractivity contribution < 1.29 is 13.5 Å². The lowest BCUT2D eigenvalue weighted by molar-refractivity contribution is -0.256. The van der Waals surface area contributed by atoms with Gasteiger partial charge in [-0.1, -0.05) is 49.8 Å². The highest BCUT2D eigenvalue weighted by atomic mass is 19.3. The molecule has 29 heavy (non-hydrogen) atoms. The third kappa shape index (κ3) is 6.91. The number of rotatable bonds is 8. The quantitative estimate of drug-likeness (QED) is 0.396. The van der Waals surface area contributed by atoms with Crippen molar-refractivity contribution in [3.8, 4) is 0 Å². The van der Waals surface area contributed by atoms with Gasteiger partial charge in [-0.05, 0) is 93.1 Å². The molecule has 0 bridgehead atoms. The van der Waals surface area contributed by atoms with Crippen molar-refractivity contribution in [2.45, 2.75) is 96.7 Å². The smallest absolute Gasteiger partial charge is 0.316 e. The van der Waals surface area contributed by atoms with Gasteiger partial charge in [-0.2, -0.15) is 8.78 Å². The summed E-state index contributed by atoms with van der Waals surface area (Å²) in [5.41, 5.74) is 2.19. The number of alkyl halides is 2. The molecule has 2 aliphatic carbocycles. The van der Waals surface area contributed by atoms with E-state index in [1.54, 1.807) is 0 Å². The fourth-order valence-electron chi connectivity index (χ4n) is 5.23. The van der Waals surface area contributed by atoms with Crippen LogP contribution >= 0.6 is 0 Å². The second kappa shape index (κ2) is 10.7. The predicted octanol–water partition coefficient (Wildman–Crippen LogP) is 8.25. The van der Waals surface area contributed by atoms with Gasteiger partial charge in [-0.3, -0.25) is 0 Å². The monoisotopic (exact) mass is 404 g/mol. The lowest BCUT2D eigenvalue weighted by atomic mass is 9.78. The van der Waals surface area contributed by atoms with Crippen LogP contribution in [-0.2, 0) is 11.3 Å². The van der Waals surface area contributed by atoms with E-state index in [4.69, 9.17) is 4.74 Å². The molecule has 0 radical (unpaired) electrons. The summed E-state index contributed by atoms with van der Waals surface area (Å²) < 4.78 is 33.7. The molecule has 0 heterocycles. The molecule has 3 rings (SSSR count). The zero-order valence-corrected chi connectivity index (χ0v) is 18.2. The Labute approximate surface area is 175 Å². The molecule has 0 spiro atoms. The van der Waals surface area contributed by atoms with Gasteiger partial charge in [0.15, 0.2) is 0 Å². The standard InChI is InChI=1S/C26H38F2O/c1-3-5-21-6-8-22(9-7-21)18-26(27,28)29-19-23-12-16-25(17-13-23)24-14-10-20(4-2)11-15-24/h3,5,12-13,16-17,20-22,24H,4,6-11,14-15,18-19H2,1-2H3. The van der Waals surface area contributed by atoms with Crippen molar-refractivity contribution in [3.63, 3.8) is 0 Å². The van der Waals surface area contributed by atoms with Gasteiger partial charge in [0.05, 0.1) is 6.61 Å². The first-order chi connectivity index (χ1) is 14.0. The molecule has 2 aliphatic rings. The predicted molar refractivity (Wildman–Crippen MR) is 116 cm³/mol. The summed E-state index contributed by atoms with van der Waals surface area (Å²) in [5.74, 6) is 2.17. The molecule has 2 saturated carbocycles. The molecule has 2 fully saturated rings. The molecule has 162 valence electrons. The summed E-state index contributed by atoms with van der Waals surface area (Å²) in [7, 11) is 0.